The van der Waals surface area contributed by atoms with E-state index in [4.69, 9.17) is 19.9 Å². The summed E-state index contributed by atoms with van der Waals surface area (Å²) >= 11 is 0. The lowest BCUT2D eigenvalue weighted by Gasteiger charge is -2.22. The summed E-state index contributed by atoms with van der Waals surface area (Å²) < 4.78 is 16.2. The molecule has 0 aliphatic rings. The molecule has 0 fully saturated rings. The Balaban J connectivity index is 3.19. The molecule has 0 heterocycles. The molecule has 0 spiro atoms. The first-order chi connectivity index (χ1) is 15.7. The van der Waals surface area contributed by atoms with Crippen molar-refractivity contribution in [1.29, 1.82) is 0 Å². The maximum Gasteiger partial charge on any atom is 0.408 e. The van der Waals surface area contributed by atoms with Crippen molar-refractivity contribution in [2.45, 2.75) is 93.2 Å². The number of primary amides is 1. The third kappa shape index (κ3) is 12.8. The molecule has 9 heteroatoms. The van der Waals surface area contributed by atoms with Gasteiger partial charge in [0.1, 0.15) is 11.6 Å². The minimum Gasteiger partial charge on any atom is -0.444 e. The van der Waals surface area contributed by atoms with Crippen molar-refractivity contribution in [2.24, 2.45) is 16.6 Å². The van der Waals surface area contributed by atoms with Crippen LogP contribution in [-0.2, 0) is 25.5 Å². The van der Waals surface area contributed by atoms with Crippen LogP contribution >= 0.6 is 0 Å². The number of carbonyl (C=O) groups is 4. The van der Waals surface area contributed by atoms with Crippen molar-refractivity contribution >= 4 is 23.9 Å². The number of benzene rings is 1. The van der Waals surface area contributed by atoms with Crippen LogP contribution < -0.4 is 20.5 Å². The highest BCUT2D eigenvalue weighted by Gasteiger charge is 2.25. The zero-order valence-corrected chi connectivity index (χ0v) is 22.4. The maximum atomic E-state index is 12.5. The number of nitrogens with two attached hydrogens (primary N) is 1. The lowest BCUT2D eigenvalue weighted by Crippen LogP contribution is -2.47. The van der Waals surface area contributed by atoms with Gasteiger partial charge in [0.15, 0.2) is 11.5 Å². The van der Waals surface area contributed by atoms with E-state index in [2.05, 4.69) is 5.32 Å². The van der Waals surface area contributed by atoms with Gasteiger partial charge in [-0.15, -0.1) is 0 Å². The molecule has 0 bridgehead atoms. The molecule has 0 saturated heterocycles. The van der Waals surface area contributed by atoms with E-state index in [0.717, 1.165) is 0 Å². The average Bonchev–Trinajstić information content (AvgIpc) is 2.58. The number of ether oxygens (including phenoxy) is 3. The Morgan fingerprint density at radius 1 is 0.829 bits per heavy atom. The summed E-state index contributed by atoms with van der Waals surface area (Å²) in [6.45, 7) is 16.5. The lowest BCUT2D eigenvalue weighted by atomic mass is 9.92. The maximum absolute atomic E-state index is 12.5. The first-order valence-corrected chi connectivity index (χ1v) is 11.6. The molecular formula is C26H40N2O7. The van der Waals surface area contributed by atoms with Crippen molar-refractivity contribution < 1.29 is 33.4 Å². The molecule has 1 aromatic rings. The molecule has 1 rings (SSSR count). The quantitative estimate of drug-likeness (QED) is 0.408. The van der Waals surface area contributed by atoms with E-state index < -0.39 is 35.6 Å². The second-order valence-electron chi connectivity index (χ2n) is 12.0. The van der Waals surface area contributed by atoms with Gasteiger partial charge in [-0.05, 0) is 49.3 Å². The van der Waals surface area contributed by atoms with Crippen LogP contribution in [0.1, 0.15) is 80.7 Å². The Hall–Kier alpha value is -3.10. The number of hydrogen-bond donors (Lipinski definition) is 2. The van der Waals surface area contributed by atoms with Gasteiger partial charge in [-0.1, -0.05) is 47.6 Å². The minimum atomic E-state index is -1.07. The van der Waals surface area contributed by atoms with Crippen molar-refractivity contribution in [3.63, 3.8) is 0 Å². The average molecular weight is 493 g/mol. The van der Waals surface area contributed by atoms with Crippen LogP contribution in [0.15, 0.2) is 18.2 Å². The molecule has 1 unspecified atom stereocenters. The Labute approximate surface area is 208 Å². The smallest absolute Gasteiger partial charge is 0.408 e. The molecule has 0 aliphatic heterocycles. The van der Waals surface area contributed by atoms with Crippen LogP contribution in [0, 0.1) is 10.8 Å². The first-order valence-electron chi connectivity index (χ1n) is 11.6. The van der Waals surface area contributed by atoms with Gasteiger partial charge in [-0.2, -0.15) is 0 Å². The van der Waals surface area contributed by atoms with Crippen LogP contribution in [0.2, 0.25) is 0 Å². The van der Waals surface area contributed by atoms with Crippen LogP contribution in [0.25, 0.3) is 0 Å². The first kappa shape index (κ1) is 29.9. The zero-order valence-electron chi connectivity index (χ0n) is 22.4. The number of nitrogens with one attached hydrogen (secondary N) is 1. The fourth-order valence-electron chi connectivity index (χ4n) is 2.94. The van der Waals surface area contributed by atoms with Gasteiger partial charge in [0.2, 0.25) is 5.91 Å². The molecule has 0 radical (unpaired) electrons. The molecule has 1 atom stereocenters. The molecule has 3 N–H and O–H groups in total. The molecule has 0 aliphatic carbocycles. The summed E-state index contributed by atoms with van der Waals surface area (Å²) in [6, 6.07) is 3.51. The van der Waals surface area contributed by atoms with E-state index in [1.807, 2.05) is 41.5 Å². The predicted octanol–water partition coefficient (Wildman–Crippen LogP) is 4.29. The van der Waals surface area contributed by atoms with Gasteiger partial charge in [0, 0.05) is 6.42 Å². The van der Waals surface area contributed by atoms with Gasteiger partial charge in [0.25, 0.3) is 0 Å². The van der Waals surface area contributed by atoms with Crippen LogP contribution in [0.5, 0.6) is 11.5 Å². The van der Waals surface area contributed by atoms with Gasteiger partial charge in [0.05, 0.1) is 12.8 Å². The summed E-state index contributed by atoms with van der Waals surface area (Å²) in [5, 5.41) is 2.46. The molecule has 35 heavy (non-hydrogen) atoms. The topological polar surface area (TPSA) is 134 Å². The fraction of sp³-hybridized carbons (Fsp3) is 0.615. The molecular weight excluding hydrogens is 452 g/mol. The van der Waals surface area contributed by atoms with E-state index >= 15 is 0 Å². The summed E-state index contributed by atoms with van der Waals surface area (Å²) in [5.41, 5.74) is 4.65. The monoisotopic (exact) mass is 492 g/mol. The number of esters is 2. The number of carbonyl (C=O) groups excluding carboxylic acids is 4. The summed E-state index contributed by atoms with van der Waals surface area (Å²) in [5.74, 6) is -1.61. The summed E-state index contributed by atoms with van der Waals surface area (Å²) in [7, 11) is 0. The molecule has 1 aromatic carbocycles. The van der Waals surface area contributed by atoms with Crippen molar-refractivity contribution in [2.75, 3.05) is 0 Å². The Morgan fingerprint density at radius 2 is 1.31 bits per heavy atom. The van der Waals surface area contributed by atoms with Crippen molar-refractivity contribution in [3.8, 4) is 11.5 Å². The van der Waals surface area contributed by atoms with Crippen LogP contribution in [0.4, 0.5) is 4.79 Å². The second kappa shape index (κ2) is 11.6. The zero-order chi connectivity index (χ0) is 27.2. The normalized spacial score (nSPS) is 12.9. The fourth-order valence-corrected chi connectivity index (χ4v) is 2.94. The number of hydrogen-bond acceptors (Lipinski definition) is 7. The minimum absolute atomic E-state index is 0.00855. The predicted molar refractivity (Wildman–Crippen MR) is 132 cm³/mol. The Kier molecular flexibility index (Phi) is 9.88. The number of rotatable bonds is 8. The number of alkyl carbamates (subject to hydrolysis) is 1. The standard InChI is InChI=1S/C26H40N2O7/c1-24(2,3)14-20(29)33-18-11-10-16(13-19(18)34-21(30)15-25(4,5)6)12-17(22(27)31)28-23(32)35-26(7,8)9/h10-11,13,17H,12,14-15H2,1-9H3,(H2,27,31)(H,28,32). The van der Waals surface area contributed by atoms with Gasteiger partial charge >= 0.3 is 18.0 Å². The second-order valence-corrected chi connectivity index (χ2v) is 12.0. The molecule has 196 valence electrons. The van der Waals surface area contributed by atoms with E-state index in [-0.39, 0.29) is 41.6 Å². The van der Waals surface area contributed by atoms with Crippen LogP contribution in [-0.4, -0.2) is 35.6 Å². The van der Waals surface area contributed by atoms with Crippen molar-refractivity contribution in [1.82, 2.24) is 5.32 Å². The van der Waals surface area contributed by atoms with E-state index in [9.17, 15) is 19.2 Å². The Morgan fingerprint density at radius 3 is 1.74 bits per heavy atom. The largest absolute Gasteiger partial charge is 0.444 e. The van der Waals surface area contributed by atoms with E-state index in [1.165, 1.54) is 12.1 Å². The highest BCUT2D eigenvalue weighted by Crippen LogP contribution is 2.32. The van der Waals surface area contributed by atoms with Crippen LogP contribution in [0.3, 0.4) is 0 Å². The summed E-state index contributed by atoms with van der Waals surface area (Å²) in [6.07, 6.45) is -0.482. The van der Waals surface area contributed by atoms with Gasteiger partial charge in [-0.3, -0.25) is 14.4 Å². The highest BCUT2D eigenvalue weighted by molar-refractivity contribution is 5.84. The van der Waals surface area contributed by atoms with Gasteiger partial charge < -0.3 is 25.3 Å². The molecule has 0 aromatic heterocycles. The lowest BCUT2D eigenvalue weighted by molar-refractivity contribution is -0.139. The van der Waals surface area contributed by atoms with Gasteiger partial charge in [-0.25, -0.2) is 4.79 Å². The summed E-state index contributed by atoms with van der Waals surface area (Å²) in [4.78, 5) is 49.0. The third-order valence-electron chi connectivity index (χ3n) is 4.28. The molecule has 2 amide bonds. The molecule has 0 saturated carbocycles. The van der Waals surface area contributed by atoms with E-state index in [0.29, 0.717) is 5.56 Å². The highest BCUT2D eigenvalue weighted by atomic mass is 16.6. The SMILES string of the molecule is CC(C)(C)CC(=O)Oc1ccc(CC(NC(=O)OC(C)(C)C)C(N)=O)cc1OC(=O)CC(C)(C)C. The third-order valence-corrected chi connectivity index (χ3v) is 4.28. The van der Waals surface area contributed by atoms with E-state index in [1.54, 1.807) is 26.8 Å². The van der Waals surface area contributed by atoms with Crippen molar-refractivity contribution in [3.05, 3.63) is 23.8 Å². The Bertz CT molecular complexity index is 934. The number of amides is 2. The molecule has 9 nitrogen and oxygen atoms in total.